The Hall–Kier alpha value is -1.46. The van der Waals surface area contributed by atoms with Crippen molar-refractivity contribution in [2.45, 2.75) is 26.1 Å². The summed E-state index contributed by atoms with van der Waals surface area (Å²) in [6.45, 7) is 11.8. The van der Waals surface area contributed by atoms with Crippen LogP contribution in [-0.2, 0) is 19.1 Å². The second-order valence-electron chi connectivity index (χ2n) is 4.45. The zero-order chi connectivity index (χ0) is 14.7. The Bertz CT molecular complexity index is 258. The molecule has 0 aromatic carbocycles. The van der Waals surface area contributed by atoms with Crippen LogP contribution in [0.3, 0.4) is 0 Å². The first-order valence-corrected chi connectivity index (χ1v) is 6.18. The Morgan fingerprint density at radius 1 is 1.21 bits per heavy atom. The van der Waals surface area contributed by atoms with Gasteiger partial charge in [0.2, 0.25) is 6.41 Å². The molecule has 0 radical (unpaired) electrons. The topological polar surface area (TPSA) is 55.8 Å². The predicted octanol–water partition coefficient (Wildman–Crippen LogP) is 1.75. The summed E-state index contributed by atoms with van der Waals surface area (Å²) in [6.07, 6.45) is 5.13. The van der Waals surface area contributed by atoms with Crippen LogP contribution in [0.4, 0.5) is 0 Å². The van der Waals surface area contributed by atoms with Gasteiger partial charge in [-0.15, -0.1) is 6.58 Å². The Kier molecular flexibility index (Phi) is 8.74. The molecule has 5 nitrogen and oxygen atoms in total. The van der Waals surface area contributed by atoms with Crippen LogP contribution >= 0.6 is 0 Å². The molecule has 0 bridgehead atoms. The van der Waals surface area contributed by atoms with E-state index in [9.17, 15) is 9.59 Å². The van der Waals surface area contributed by atoms with Crippen molar-refractivity contribution >= 4 is 12.7 Å². The summed E-state index contributed by atoms with van der Waals surface area (Å²) in [5.41, 5.74) is 0. The third kappa shape index (κ3) is 8.29. The second kappa shape index (κ2) is 9.47. The molecule has 0 N–H and O–H groups in total. The van der Waals surface area contributed by atoms with Crippen LogP contribution in [0.25, 0.3) is 0 Å². The molecule has 0 aromatic rings. The van der Waals surface area contributed by atoms with Gasteiger partial charge >= 0.3 is 0 Å². The van der Waals surface area contributed by atoms with E-state index in [0.717, 1.165) is 6.29 Å². The molecule has 0 aromatic heterocycles. The van der Waals surface area contributed by atoms with Crippen molar-refractivity contribution in [3.8, 4) is 0 Å². The molecule has 0 spiro atoms. The SMILES string of the molecule is C=CC(C=O)CCOC(C)(C)OCCN(C=C)C=O. The molecular weight excluding hydrogens is 246 g/mol. The van der Waals surface area contributed by atoms with Crippen LogP contribution in [-0.4, -0.2) is 43.1 Å². The van der Waals surface area contributed by atoms with E-state index < -0.39 is 5.79 Å². The van der Waals surface area contributed by atoms with Crippen molar-refractivity contribution in [1.29, 1.82) is 0 Å². The molecule has 1 amide bonds. The number of ether oxygens (including phenoxy) is 2. The first kappa shape index (κ1) is 17.5. The maximum atomic E-state index is 10.6. The Labute approximate surface area is 114 Å². The number of nitrogens with zero attached hydrogens (tertiary/aromatic N) is 1. The molecule has 1 unspecified atom stereocenters. The van der Waals surface area contributed by atoms with Gasteiger partial charge in [-0.25, -0.2) is 0 Å². The number of carbonyl (C=O) groups is 2. The normalized spacial score (nSPS) is 12.5. The maximum Gasteiger partial charge on any atom is 0.213 e. The van der Waals surface area contributed by atoms with Gasteiger partial charge in [0.25, 0.3) is 0 Å². The summed E-state index contributed by atoms with van der Waals surface area (Å²) >= 11 is 0. The molecule has 0 heterocycles. The monoisotopic (exact) mass is 269 g/mol. The lowest BCUT2D eigenvalue weighted by atomic mass is 10.1. The fraction of sp³-hybridized carbons (Fsp3) is 0.571. The van der Waals surface area contributed by atoms with Gasteiger partial charge in [-0.05, 0) is 26.5 Å². The van der Waals surface area contributed by atoms with E-state index in [0.29, 0.717) is 32.6 Å². The van der Waals surface area contributed by atoms with E-state index in [-0.39, 0.29) is 5.92 Å². The van der Waals surface area contributed by atoms with Crippen molar-refractivity contribution in [2.75, 3.05) is 19.8 Å². The van der Waals surface area contributed by atoms with Crippen molar-refractivity contribution in [1.82, 2.24) is 4.90 Å². The molecule has 0 saturated carbocycles. The van der Waals surface area contributed by atoms with Gasteiger partial charge < -0.3 is 19.2 Å². The highest BCUT2D eigenvalue weighted by molar-refractivity contribution is 5.56. The van der Waals surface area contributed by atoms with Crippen molar-refractivity contribution in [3.05, 3.63) is 25.4 Å². The van der Waals surface area contributed by atoms with Crippen molar-refractivity contribution < 1.29 is 19.1 Å². The summed E-state index contributed by atoms with van der Waals surface area (Å²) < 4.78 is 11.1. The van der Waals surface area contributed by atoms with E-state index in [4.69, 9.17) is 9.47 Å². The summed E-state index contributed by atoms with van der Waals surface area (Å²) in [7, 11) is 0. The smallest absolute Gasteiger partial charge is 0.213 e. The average molecular weight is 269 g/mol. The number of hydrogen-bond acceptors (Lipinski definition) is 4. The fourth-order valence-corrected chi connectivity index (χ4v) is 1.31. The summed E-state index contributed by atoms with van der Waals surface area (Å²) in [5.74, 6) is -0.952. The minimum absolute atomic E-state index is 0.192. The summed E-state index contributed by atoms with van der Waals surface area (Å²) in [4.78, 5) is 22.5. The molecular formula is C14H23NO4. The van der Waals surface area contributed by atoms with Crippen LogP contribution in [0.15, 0.2) is 25.4 Å². The number of rotatable bonds is 12. The molecule has 19 heavy (non-hydrogen) atoms. The Morgan fingerprint density at radius 3 is 2.32 bits per heavy atom. The van der Waals surface area contributed by atoms with Crippen LogP contribution in [0.5, 0.6) is 0 Å². The van der Waals surface area contributed by atoms with Gasteiger partial charge in [0, 0.05) is 12.5 Å². The lowest BCUT2D eigenvalue weighted by Crippen LogP contribution is -2.32. The third-order valence-electron chi connectivity index (χ3n) is 2.55. The Morgan fingerprint density at radius 2 is 1.84 bits per heavy atom. The van der Waals surface area contributed by atoms with Gasteiger partial charge in [-0.3, -0.25) is 4.79 Å². The van der Waals surface area contributed by atoms with Gasteiger partial charge in [0.05, 0.1) is 13.2 Å². The largest absolute Gasteiger partial charge is 0.350 e. The molecule has 0 aliphatic rings. The second-order valence-corrected chi connectivity index (χ2v) is 4.45. The number of aldehydes is 1. The highest BCUT2D eigenvalue weighted by Gasteiger charge is 2.19. The predicted molar refractivity (Wildman–Crippen MR) is 73.3 cm³/mol. The lowest BCUT2D eigenvalue weighted by molar-refractivity contribution is -0.215. The van der Waals surface area contributed by atoms with E-state index in [2.05, 4.69) is 13.2 Å². The number of carbonyl (C=O) groups excluding carboxylic acids is 2. The molecule has 0 aliphatic carbocycles. The van der Waals surface area contributed by atoms with Gasteiger partial charge in [0.1, 0.15) is 6.29 Å². The molecule has 0 aliphatic heterocycles. The third-order valence-corrected chi connectivity index (χ3v) is 2.55. The molecule has 0 fully saturated rings. The van der Waals surface area contributed by atoms with Crippen LogP contribution < -0.4 is 0 Å². The molecule has 5 heteroatoms. The van der Waals surface area contributed by atoms with Crippen molar-refractivity contribution in [3.63, 3.8) is 0 Å². The van der Waals surface area contributed by atoms with Crippen LogP contribution in [0, 0.1) is 5.92 Å². The zero-order valence-electron chi connectivity index (χ0n) is 11.7. The highest BCUT2D eigenvalue weighted by Crippen LogP contribution is 2.13. The van der Waals surface area contributed by atoms with Crippen molar-refractivity contribution in [2.24, 2.45) is 5.92 Å². The highest BCUT2D eigenvalue weighted by atomic mass is 16.7. The number of allylic oxidation sites excluding steroid dienone is 1. The standard InChI is InChI=1S/C14H23NO4/c1-5-13(11-16)7-9-18-14(3,4)19-10-8-15(6-2)12-17/h5-6,11-13H,1-2,7-10H2,3-4H3. The molecule has 0 saturated heterocycles. The van der Waals surface area contributed by atoms with Gasteiger partial charge in [-0.1, -0.05) is 12.7 Å². The molecule has 1 atom stereocenters. The number of amides is 1. The molecule has 0 rings (SSSR count). The fourth-order valence-electron chi connectivity index (χ4n) is 1.31. The van der Waals surface area contributed by atoms with Gasteiger partial charge in [-0.2, -0.15) is 0 Å². The number of hydrogen-bond donors (Lipinski definition) is 0. The summed E-state index contributed by atoms with van der Waals surface area (Å²) in [6, 6.07) is 0. The quantitative estimate of drug-likeness (QED) is 0.308. The van der Waals surface area contributed by atoms with E-state index in [1.165, 1.54) is 11.1 Å². The zero-order valence-corrected chi connectivity index (χ0v) is 11.7. The average Bonchev–Trinajstić information content (AvgIpc) is 2.39. The van der Waals surface area contributed by atoms with Crippen LogP contribution in [0.2, 0.25) is 0 Å². The van der Waals surface area contributed by atoms with E-state index >= 15 is 0 Å². The van der Waals surface area contributed by atoms with Gasteiger partial charge in [0.15, 0.2) is 5.79 Å². The minimum atomic E-state index is -0.760. The van der Waals surface area contributed by atoms with E-state index in [1.807, 2.05) is 0 Å². The summed E-state index contributed by atoms with van der Waals surface area (Å²) in [5, 5.41) is 0. The van der Waals surface area contributed by atoms with E-state index in [1.54, 1.807) is 19.9 Å². The maximum absolute atomic E-state index is 10.6. The van der Waals surface area contributed by atoms with Crippen LogP contribution in [0.1, 0.15) is 20.3 Å². The lowest BCUT2D eigenvalue weighted by Gasteiger charge is -2.27. The first-order chi connectivity index (χ1) is 8.99. The Balaban J connectivity index is 3.91. The first-order valence-electron chi connectivity index (χ1n) is 6.18. The molecule has 108 valence electrons. The minimum Gasteiger partial charge on any atom is -0.350 e.